The molecule has 4 nitrogen and oxygen atoms in total. The molecule has 2 unspecified atom stereocenters. The number of fused-ring (bicyclic) bond motifs is 1. The number of halogens is 1. The molecule has 2 N–H and O–H groups in total. The van der Waals surface area contributed by atoms with Gasteiger partial charge in [0.25, 0.3) is 5.91 Å². The fourth-order valence-corrected chi connectivity index (χ4v) is 3.04. The molecule has 2 aromatic carbocycles. The molecule has 1 aliphatic heterocycles. The van der Waals surface area contributed by atoms with Crippen LogP contribution in [0.3, 0.4) is 0 Å². The zero-order chi connectivity index (χ0) is 17.3. The fraction of sp³-hybridized carbons (Fsp3) is 0.316. The second-order valence-corrected chi connectivity index (χ2v) is 6.45. The second kappa shape index (κ2) is 6.83. The van der Waals surface area contributed by atoms with Gasteiger partial charge in [-0.2, -0.15) is 0 Å². The Morgan fingerprint density at radius 2 is 2.04 bits per heavy atom. The predicted molar refractivity (Wildman–Crippen MR) is 96.4 cm³/mol. The standard InChI is InChI=1S/C19H21ClN2O2/c1-3-17-19(23)22(11-14-6-4-5-7-15(14)20)16-10-13(12(2)21)8-9-18(16)24-17/h4-10,12,17H,3,11,21H2,1-2H3. The van der Waals surface area contributed by atoms with Gasteiger partial charge in [0.2, 0.25) is 0 Å². The molecule has 24 heavy (non-hydrogen) atoms. The zero-order valence-corrected chi connectivity index (χ0v) is 14.6. The Balaban J connectivity index is 2.04. The second-order valence-electron chi connectivity index (χ2n) is 6.05. The van der Waals surface area contributed by atoms with Crippen molar-refractivity contribution in [2.45, 2.75) is 39.0 Å². The minimum Gasteiger partial charge on any atom is -0.478 e. The van der Waals surface area contributed by atoms with Crippen LogP contribution in [0.4, 0.5) is 5.69 Å². The number of nitrogens with two attached hydrogens (primary N) is 1. The summed E-state index contributed by atoms with van der Waals surface area (Å²) >= 11 is 6.28. The van der Waals surface area contributed by atoms with E-state index in [4.69, 9.17) is 22.1 Å². The van der Waals surface area contributed by atoms with Crippen molar-refractivity contribution < 1.29 is 9.53 Å². The van der Waals surface area contributed by atoms with E-state index in [1.807, 2.05) is 56.3 Å². The Kier molecular flexibility index (Phi) is 4.78. The summed E-state index contributed by atoms with van der Waals surface area (Å²) < 4.78 is 5.86. The van der Waals surface area contributed by atoms with Crippen molar-refractivity contribution in [3.63, 3.8) is 0 Å². The van der Waals surface area contributed by atoms with Crippen molar-refractivity contribution in [2.24, 2.45) is 5.73 Å². The third-order valence-corrected chi connectivity index (χ3v) is 4.64. The highest BCUT2D eigenvalue weighted by molar-refractivity contribution is 6.31. The first kappa shape index (κ1) is 16.8. The molecule has 0 bridgehead atoms. The van der Waals surface area contributed by atoms with Crippen molar-refractivity contribution in [3.05, 3.63) is 58.6 Å². The quantitative estimate of drug-likeness (QED) is 0.909. The smallest absolute Gasteiger partial charge is 0.268 e. The van der Waals surface area contributed by atoms with Gasteiger partial charge in [-0.05, 0) is 42.7 Å². The molecule has 3 rings (SSSR count). The Morgan fingerprint density at radius 3 is 2.71 bits per heavy atom. The molecule has 0 radical (unpaired) electrons. The van der Waals surface area contributed by atoms with Gasteiger partial charge in [0.05, 0.1) is 12.2 Å². The van der Waals surface area contributed by atoms with Crippen LogP contribution in [0, 0.1) is 0 Å². The van der Waals surface area contributed by atoms with Gasteiger partial charge in [0.15, 0.2) is 6.10 Å². The Labute approximate surface area is 147 Å². The first-order valence-electron chi connectivity index (χ1n) is 8.12. The minimum atomic E-state index is -0.471. The van der Waals surface area contributed by atoms with E-state index >= 15 is 0 Å². The lowest BCUT2D eigenvalue weighted by Crippen LogP contribution is -2.45. The van der Waals surface area contributed by atoms with Crippen LogP contribution in [0.15, 0.2) is 42.5 Å². The summed E-state index contributed by atoms with van der Waals surface area (Å²) in [5.74, 6) is 0.657. The van der Waals surface area contributed by atoms with Crippen LogP contribution >= 0.6 is 11.6 Å². The van der Waals surface area contributed by atoms with Crippen LogP contribution in [0.5, 0.6) is 5.75 Å². The molecule has 126 valence electrons. The average Bonchev–Trinajstić information content (AvgIpc) is 2.58. The summed E-state index contributed by atoms with van der Waals surface area (Å²) in [6.07, 6.45) is 0.146. The van der Waals surface area contributed by atoms with E-state index in [0.717, 1.165) is 16.8 Å². The lowest BCUT2D eigenvalue weighted by molar-refractivity contribution is -0.126. The highest BCUT2D eigenvalue weighted by Crippen LogP contribution is 2.38. The van der Waals surface area contributed by atoms with Gasteiger partial charge in [0.1, 0.15) is 5.75 Å². The summed E-state index contributed by atoms with van der Waals surface area (Å²) in [7, 11) is 0. The molecule has 0 saturated carbocycles. The number of hydrogen-bond donors (Lipinski definition) is 1. The number of ether oxygens (including phenoxy) is 1. The maximum absolute atomic E-state index is 12.8. The van der Waals surface area contributed by atoms with Crippen molar-refractivity contribution in [1.29, 1.82) is 0 Å². The van der Waals surface area contributed by atoms with Gasteiger partial charge in [-0.15, -0.1) is 0 Å². The molecule has 0 fully saturated rings. The van der Waals surface area contributed by atoms with Crippen LogP contribution in [0.1, 0.15) is 37.4 Å². The average molecular weight is 345 g/mol. The number of hydrogen-bond acceptors (Lipinski definition) is 3. The zero-order valence-electron chi connectivity index (χ0n) is 13.8. The summed E-state index contributed by atoms with van der Waals surface area (Å²) in [5, 5.41) is 0.648. The van der Waals surface area contributed by atoms with Crippen molar-refractivity contribution >= 4 is 23.2 Å². The number of amides is 1. The van der Waals surface area contributed by atoms with E-state index < -0.39 is 6.10 Å². The van der Waals surface area contributed by atoms with Gasteiger partial charge in [0, 0.05) is 11.1 Å². The fourth-order valence-electron chi connectivity index (χ4n) is 2.84. The molecule has 0 aliphatic carbocycles. The maximum atomic E-state index is 12.8. The van der Waals surface area contributed by atoms with Crippen LogP contribution in [0.25, 0.3) is 0 Å². The molecule has 0 spiro atoms. The molecule has 5 heteroatoms. The molecular weight excluding hydrogens is 324 g/mol. The highest BCUT2D eigenvalue weighted by Gasteiger charge is 2.33. The SMILES string of the molecule is CCC1Oc2ccc(C(C)N)cc2N(Cc2ccccc2Cl)C1=O. The maximum Gasteiger partial charge on any atom is 0.268 e. The topological polar surface area (TPSA) is 55.6 Å². The normalized spacial score (nSPS) is 18.1. The first-order valence-corrected chi connectivity index (χ1v) is 8.50. The van der Waals surface area contributed by atoms with E-state index in [-0.39, 0.29) is 11.9 Å². The van der Waals surface area contributed by atoms with Gasteiger partial charge in [-0.25, -0.2) is 0 Å². The van der Waals surface area contributed by atoms with Gasteiger partial charge in [-0.1, -0.05) is 42.8 Å². The summed E-state index contributed by atoms with van der Waals surface area (Å²) in [4.78, 5) is 14.6. The van der Waals surface area contributed by atoms with E-state index in [1.165, 1.54) is 0 Å². The van der Waals surface area contributed by atoms with Crippen molar-refractivity contribution in [3.8, 4) is 5.75 Å². The number of rotatable bonds is 4. The number of anilines is 1. The largest absolute Gasteiger partial charge is 0.478 e. The van der Waals surface area contributed by atoms with Crippen molar-refractivity contribution in [2.75, 3.05) is 4.90 Å². The molecule has 0 aromatic heterocycles. The first-order chi connectivity index (χ1) is 11.5. The molecular formula is C19H21ClN2O2. The number of carbonyl (C=O) groups excluding carboxylic acids is 1. The third kappa shape index (κ3) is 3.12. The summed E-state index contributed by atoms with van der Waals surface area (Å²) in [6, 6.07) is 13.2. The van der Waals surface area contributed by atoms with Gasteiger partial charge >= 0.3 is 0 Å². The molecule has 2 atom stereocenters. The summed E-state index contributed by atoms with van der Waals surface area (Å²) in [5.41, 5.74) is 8.61. The highest BCUT2D eigenvalue weighted by atomic mass is 35.5. The monoisotopic (exact) mass is 344 g/mol. The third-order valence-electron chi connectivity index (χ3n) is 4.27. The Hall–Kier alpha value is -2.04. The number of carbonyl (C=O) groups is 1. The number of benzene rings is 2. The predicted octanol–water partition coefficient (Wildman–Crippen LogP) is 4.06. The van der Waals surface area contributed by atoms with E-state index in [1.54, 1.807) is 4.90 Å². The van der Waals surface area contributed by atoms with Crippen molar-refractivity contribution in [1.82, 2.24) is 0 Å². The van der Waals surface area contributed by atoms with E-state index in [0.29, 0.717) is 23.7 Å². The molecule has 1 amide bonds. The molecule has 1 aliphatic rings. The molecule has 0 saturated heterocycles. The number of nitrogens with zero attached hydrogens (tertiary/aromatic N) is 1. The Bertz CT molecular complexity index is 761. The van der Waals surface area contributed by atoms with Gasteiger partial charge in [-0.3, -0.25) is 4.79 Å². The van der Waals surface area contributed by atoms with Crippen LogP contribution in [0.2, 0.25) is 5.02 Å². The lowest BCUT2D eigenvalue weighted by atomic mass is 10.0. The van der Waals surface area contributed by atoms with Crippen LogP contribution in [-0.4, -0.2) is 12.0 Å². The molecule has 1 heterocycles. The van der Waals surface area contributed by atoms with E-state index in [9.17, 15) is 4.79 Å². The Morgan fingerprint density at radius 1 is 1.29 bits per heavy atom. The van der Waals surface area contributed by atoms with E-state index in [2.05, 4.69) is 0 Å². The lowest BCUT2D eigenvalue weighted by Gasteiger charge is -2.35. The minimum absolute atomic E-state index is 0.0493. The summed E-state index contributed by atoms with van der Waals surface area (Å²) in [6.45, 7) is 4.27. The van der Waals surface area contributed by atoms with Crippen LogP contribution < -0.4 is 15.4 Å². The van der Waals surface area contributed by atoms with Crippen LogP contribution in [-0.2, 0) is 11.3 Å². The van der Waals surface area contributed by atoms with Gasteiger partial charge < -0.3 is 15.4 Å². The molecule has 2 aromatic rings.